The molecule has 0 aliphatic carbocycles. The number of ether oxygens (including phenoxy) is 3. The minimum Gasteiger partial charge on any atom is -0.493 e. The first-order valence-electron chi connectivity index (χ1n) is 24.6. The van der Waals surface area contributed by atoms with Crippen LogP contribution in [0.4, 0.5) is 42.8 Å². The molecule has 2 fully saturated rings. The summed E-state index contributed by atoms with van der Waals surface area (Å²) in [5.74, 6) is 1.92. The van der Waals surface area contributed by atoms with E-state index in [2.05, 4.69) is 52.4 Å². The number of para-hydroxylation sites is 2. The summed E-state index contributed by atoms with van der Waals surface area (Å²) in [6.07, 6.45) is -5.85. The minimum absolute atomic E-state index is 0.00241. The fraction of sp³-hybridized carbons (Fsp3) is 0.431. The molecule has 16 nitrogen and oxygen atoms in total. The highest BCUT2D eigenvalue weighted by Crippen LogP contribution is 2.52. The number of hydrogen-bond acceptors (Lipinski definition) is 15. The van der Waals surface area contributed by atoms with Crippen LogP contribution in [0.15, 0.2) is 67.5 Å². The van der Waals surface area contributed by atoms with Crippen LogP contribution in [0.3, 0.4) is 0 Å². The van der Waals surface area contributed by atoms with E-state index in [1.165, 1.54) is 17.3 Å². The number of rotatable bonds is 2. The van der Waals surface area contributed by atoms with Gasteiger partial charge in [0, 0.05) is 80.5 Å². The molecule has 2 saturated heterocycles. The van der Waals surface area contributed by atoms with Gasteiger partial charge in [-0.3, -0.25) is 9.97 Å². The molecule has 6 aromatic rings. The molecule has 4 aromatic heterocycles. The minimum atomic E-state index is -4.89. The second kappa shape index (κ2) is 21.0. The lowest BCUT2D eigenvalue weighted by Crippen LogP contribution is -2.44. The molecule has 4 bridgehead atoms. The van der Waals surface area contributed by atoms with Crippen LogP contribution in [0.25, 0.3) is 27.5 Å². The maximum atomic E-state index is 14.9. The van der Waals surface area contributed by atoms with Crippen LogP contribution >= 0.6 is 14.3 Å². The van der Waals surface area contributed by atoms with Crippen molar-refractivity contribution in [2.45, 2.75) is 77.4 Å². The number of hydrogen-bond donors (Lipinski definition) is 3. The molecule has 3 N–H and O–H groups in total. The summed E-state index contributed by atoms with van der Waals surface area (Å²) in [6, 6.07) is 14.1. The predicted octanol–water partition coefficient (Wildman–Crippen LogP) is 9.82. The molecule has 0 unspecified atom stereocenters. The zero-order valence-electron chi connectivity index (χ0n) is 41.7. The van der Waals surface area contributed by atoms with Gasteiger partial charge in [-0.2, -0.15) is 26.3 Å². The second-order valence-electron chi connectivity index (χ2n) is 19.7. The third kappa shape index (κ3) is 11.6. The van der Waals surface area contributed by atoms with Gasteiger partial charge in [0.1, 0.15) is 65.5 Å². The summed E-state index contributed by atoms with van der Waals surface area (Å²) < 4.78 is 133. The normalized spacial score (nSPS) is 18.9. The Morgan fingerprint density at radius 2 is 1.23 bits per heavy atom. The molecule has 4 aliphatic heterocycles. The Hall–Kier alpha value is -6.37. The summed E-state index contributed by atoms with van der Waals surface area (Å²) in [5.41, 5.74) is -1.95. The standard InChI is InChI=1S/C28H33F3N5O4P.C23H23F3N5O2P/c1-17-18-8-5-6-9-20(18)39-13-7-10-21-34-19-16-32-25(23(28(29,30)31)22(19)24(33-17)35-21)41(38)14-11-36(12-15-41)26(37)40-27(2,3)4;1-14-15-5-2-3-6-17(15)33-10-4-7-18-30-16-13-28-22(34(32)11-8-27-9-12-34)20(23(24,25)26)19(16)21(29-14)31-18/h5-6,8-9,16-17H,7,10-15H2,1-4H3,(H,33,34,35);2-3,5-6,13,27H,1,4,7-12H2,(H,29,30,31)/t17-;/m1./s1. The fourth-order valence-corrected chi connectivity index (χ4v) is 14.8. The number of carbonyl (C=O) groups excluding carboxylic acids is 1. The van der Waals surface area contributed by atoms with Gasteiger partial charge in [-0.25, -0.2) is 24.7 Å². The van der Waals surface area contributed by atoms with Crippen molar-refractivity contribution in [3.63, 3.8) is 0 Å². The molecule has 398 valence electrons. The molecule has 0 saturated carbocycles. The number of fused-ring (bicyclic) bond motifs is 10. The first kappa shape index (κ1) is 53.5. The van der Waals surface area contributed by atoms with Crippen molar-refractivity contribution in [2.24, 2.45) is 0 Å². The van der Waals surface area contributed by atoms with Crippen molar-refractivity contribution in [2.75, 3.05) is 74.7 Å². The number of aromatic nitrogens is 6. The van der Waals surface area contributed by atoms with E-state index in [0.717, 1.165) is 5.56 Å². The number of aryl methyl sites for hydroxylation is 2. The van der Waals surface area contributed by atoms with Crippen LogP contribution in [0.5, 0.6) is 11.5 Å². The molecule has 8 heterocycles. The molecular weight excluding hydrogens is 1020 g/mol. The van der Waals surface area contributed by atoms with Crippen molar-refractivity contribution < 1.29 is 54.5 Å². The van der Waals surface area contributed by atoms with E-state index in [0.29, 0.717) is 86.4 Å². The van der Waals surface area contributed by atoms with Crippen LogP contribution in [0.2, 0.25) is 0 Å². The van der Waals surface area contributed by atoms with Gasteiger partial charge in [0.2, 0.25) is 0 Å². The molecule has 75 heavy (non-hydrogen) atoms. The SMILES string of the molecule is C=C1Nc2nc(nc3cnc(P4(=O)CCNCC4)c(C(F)(F)F)c23)CCCOc2ccccc21.C[C@H]1Nc2nc(nc3cnc(P4(=O)CCN(C(=O)OC(C)(C)C)CC4)c(C(F)(F)F)c23)CCCOc2ccccc21. The lowest BCUT2D eigenvalue weighted by molar-refractivity contribution is -0.136. The van der Waals surface area contributed by atoms with Crippen molar-refractivity contribution in [1.29, 1.82) is 0 Å². The van der Waals surface area contributed by atoms with E-state index in [-0.39, 0.29) is 71.2 Å². The lowest BCUT2D eigenvalue weighted by Gasteiger charge is -2.34. The molecular formula is C51H56F6N10O6P2. The van der Waals surface area contributed by atoms with Crippen LogP contribution in [0.1, 0.15) is 80.5 Å². The number of alkyl halides is 6. The number of amides is 1. The average molecular weight is 1080 g/mol. The predicted molar refractivity (Wildman–Crippen MR) is 275 cm³/mol. The van der Waals surface area contributed by atoms with Crippen LogP contribution in [0, 0.1) is 0 Å². The van der Waals surface area contributed by atoms with E-state index >= 15 is 0 Å². The smallest absolute Gasteiger partial charge is 0.419 e. The van der Waals surface area contributed by atoms with Crippen molar-refractivity contribution in [3.8, 4) is 11.5 Å². The number of nitrogens with zero attached hydrogens (tertiary/aromatic N) is 7. The van der Waals surface area contributed by atoms with Gasteiger partial charge in [0.05, 0.1) is 64.6 Å². The third-order valence-electron chi connectivity index (χ3n) is 13.1. The maximum absolute atomic E-state index is 14.9. The number of carbonyl (C=O) groups is 1. The zero-order valence-corrected chi connectivity index (χ0v) is 43.5. The van der Waals surface area contributed by atoms with Crippen LogP contribution in [-0.2, 0) is 39.1 Å². The van der Waals surface area contributed by atoms with Gasteiger partial charge in [-0.1, -0.05) is 36.9 Å². The van der Waals surface area contributed by atoms with E-state index in [4.69, 9.17) is 14.2 Å². The molecule has 1 amide bonds. The first-order valence-corrected chi connectivity index (χ1v) is 28.7. The lowest BCUT2D eigenvalue weighted by atomic mass is 10.1. The number of nitrogens with one attached hydrogen (secondary N) is 3. The van der Waals surface area contributed by atoms with Gasteiger partial charge >= 0.3 is 18.4 Å². The molecule has 4 aliphatic rings. The van der Waals surface area contributed by atoms with Gasteiger partial charge in [-0.15, -0.1) is 0 Å². The third-order valence-corrected chi connectivity index (χ3v) is 19.1. The van der Waals surface area contributed by atoms with E-state index < -0.39 is 66.4 Å². The zero-order chi connectivity index (χ0) is 53.5. The highest BCUT2D eigenvalue weighted by Gasteiger charge is 2.47. The number of pyridine rings is 2. The van der Waals surface area contributed by atoms with Gasteiger partial charge in [-0.05, 0) is 58.7 Å². The van der Waals surface area contributed by atoms with E-state index in [9.17, 15) is 40.3 Å². The molecule has 24 heteroatoms. The number of halogens is 6. The Bertz CT molecular complexity index is 3260. The monoisotopic (exact) mass is 1080 g/mol. The van der Waals surface area contributed by atoms with E-state index in [1.54, 1.807) is 39.0 Å². The van der Waals surface area contributed by atoms with Gasteiger partial charge in [0.25, 0.3) is 0 Å². The van der Waals surface area contributed by atoms with Crippen molar-refractivity contribution >= 4 is 70.4 Å². The summed E-state index contributed by atoms with van der Waals surface area (Å²) in [5, 5.41) is 8.68. The molecule has 0 spiro atoms. The van der Waals surface area contributed by atoms with Crippen LogP contribution in [-0.4, -0.2) is 111 Å². The van der Waals surface area contributed by atoms with Gasteiger partial charge < -0.3 is 44.2 Å². The summed E-state index contributed by atoms with van der Waals surface area (Å²) in [6.45, 7) is 12.6. The van der Waals surface area contributed by atoms with Crippen LogP contribution < -0.4 is 36.3 Å². The Morgan fingerprint density at radius 3 is 1.80 bits per heavy atom. The molecule has 0 radical (unpaired) electrons. The quantitative estimate of drug-likeness (QED) is 0.109. The highest BCUT2D eigenvalue weighted by atomic mass is 31.2. The topological polar surface area (TPSA) is 196 Å². The Morgan fingerprint density at radius 1 is 0.720 bits per heavy atom. The number of anilines is 2. The van der Waals surface area contributed by atoms with Gasteiger partial charge in [0.15, 0.2) is 0 Å². The first-order chi connectivity index (χ1) is 35.5. The van der Waals surface area contributed by atoms with Crippen molar-refractivity contribution in [1.82, 2.24) is 40.1 Å². The number of benzene rings is 2. The summed E-state index contributed by atoms with van der Waals surface area (Å²) >= 11 is 0. The van der Waals surface area contributed by atoms with Crippen molar-refractivity contribution in [3.05, 3.63) is 101 Å². The fourth-order valence-electron chi connectivity index (χ4n) is 9.51. The Balaban J connectivity index is 0.000000187. The average Bonchev–Trinajstić information content (AvgIpc) is 3.40. The second-order valence-corrected chi connectivity index (χ2v) is 25.9. The maximum Gasteiger partial charge on any atom is 0.419 e. The summed E-state index contributed by atoms with van der Waals surface area (Å²) in [4.78, 5) is 39.9. The van der Waals surface area contributed by atoms with E-state index in [1.807, 2.05) is 37.3 Å². The molecule has 1 atom stereocenters. The Kier molecular flexibility index (Phi) is 15.0. The molecule has 2 aromatic carbocycles. The molecule has 10 rings (SSSR count). The summed E-state index contributed by atoms with van der Waals surface area (Å²) in [7, 11) is -7.01. The largest absolute Gasteiger partial charge is 0.493 e. The highest BCUT2D eigenvalue weighted by molar-refractivity contribution is 7.72. The Labute approximate surface area is 428 Å².